The predicted molar refractivity (Wildman–Crippen MR) is 74.6 cm³/mol. The average molecular weight is 321 g/mol. The van der Waals surface area contributed by atoms with Crippen LogP contribution in [0.1, 0.15) is 32.2 Å². The lowest BCUT2D eigenvalue weighted by molar-refractivity contribution is 0.0957. The van der Waals surface area contributed by atoms with E-state index < -0.39 is 46.2 Å². The molecule has 2 heterocycles. The van der Waals surface area contributed by atoms with Crippen molar-refractivity contribution >= 4 is 17.5 Å². The number of amides is 1. The van der Waals surface area contributed by atoms with Gasteiger partial charge in [-0.05, 0) is 18.2 Å². The molecule has 0 aliphatic carbocycles. The van der Waals surface area contributed by atoms with Gasteiger partial charge in [0.15, 0.2) is 5.78 Å². The highest BCUT2D eigenvalue weighted by Gasteiger charge is 2.34. The Balaban J connectivity index is 2.08. The van der Waals surface area contributed by atoms with E-state index in [9.17, 15) is 22.8 Å². The van der Waals surface area contributed by atoms with Crippen molar-refractivity contribution in [1.29, 1.82) is 0 Å². The summed E-state index contributed by atoms with van der Waals surface area (Å²) >= 11 is 0. The highest BCUT2D eigenvalue weighted by Crippen LogP contribution is 2.34. The zero-order valence-corrected chi connectivity index (χ0v) is 11.6. The van der Waals surface area contributed by atoms with Crippen molar-refractivity contribution in [2.24, 2.45) is 5.73 Å². The molecule has 1 aliphatic rings. The van der Waals surface area contributed by atoms with Crippen molar-refractivity contribution in [3.05, 3.63) is 58.5 Å². The fourth-order valence-electron chi connectivity index (χ4n) is 2.55. The fourth-order valence-corrected chi connectivity index (χ4v) is 2.55. The molecule has 118 valence electrons. The number of fused-ring (bicyclic) bond motifs is 1. The van der Waals surface area contributed by atoms with Crippen LogP contribution in [0.4, 0.5) is 19.0 Å². The number of halogens is 3. The van der Waals surface area contributed by atoms with Crippen LogP contribution < -0.4 is 11.1 Å². The Morgan fingerprint density at radius 1 is 1.26 bits per heavy atom. The second-order valence-corrected chi connectivity index (χ2v) is 5.04. The highest BCUT2D eigenvalue weighted by molar-refractivity contribution is 6.05. The first-order chi connectivity index (χ1) is 10.9. The van der Waals surface area contributed by atoms with Crippen molar-refractivity contribution in [2.45, 2.75) is 5.92 Å². The SMILES string of the molecule is NC(=O)c1ccc(F)c(C(=O)C2CNc3ncc(F)cc32)c1F. The first-order valence-corrected chi connectivity index (χ1v) is 6.61. The van der Waals surface area contributed by atoms with E-state index in [0.29, 0.717) is 0 Å². The molecule has 0 saturated carbocycles. The number of nitrogens with one attached hydrogen (secondary N) is 1. The Morgan fingerprint density at radius 2 is 2.00 bits per heavy atom. The molecule has 0 saturated heterocycles. The summed E-state index contributed by atoms with van der Waals surface area (Å²) in [7, 11) is 0. The third kappa shape index (κ3) is 2.41. The number of ketones is 1. The molecule has 3 rings (SSSR count). The number of nitrogens with zero attached hydrogens (tertiary/aromatic N) is 1. The number of pyridine rings is 1. The molecule has 23 heavy (non-hydrogen) atoms. The normalized spacial score (nSPS) is 15.9. The van der Waals surface area contributed by atoms with Crippen LogP contribution in [0, 0.1) is 17.5 Å². The molecule has 0 spiro atoms. The Labute approximate surface area is 128 Å². The number of hydrogen-bond donors (Lipinski definition) is 2. The topological polar surface area (TPSA) is 85.1 Å². The van der Waals surface area contributed by atoms with Gasteiger partial charge < -0.3 is 11.1 Å². The van der Waals surface area contributed by atoms with Crippen LogP contribution in [0.15, 0.2) is 24.4 Å². The molecule has 1 aromatic heterocycles. The van der Waals surface area contributed by atoms with Gasteiger partial charge in [-0.25, -0.2) is 18.2 Å². The van der Waals surface area contributed by atoms with E-state index in [1.807, 2.05) is 0 Å². The molecule has 1 unspecified atom stereocenters. The highest BCUT2D eigenvalue weighted by atomic mass is 19.1. The number of nitrogens with two attached hydrogens (primary N) is 1. The van der Waals surface area contributed by atoms with Gasteiger partial charge in [0.1, 0.15) is 23.3 Å². The van der Waals surface area contributed by atoms with Crippen molar-refractivity contribution in [3.8, 4) is 0 Å². The monoisotopic (exact) mass is 321 g/mol. The minimum Gasteiger partial charge on any atom is -0.369 e. The van der Waals surface area contributed by atoms with Crippen LogP contribution >= 0.6 is 0 Å². The van der Waals surface area contributed by atoms with E-state index in [4.69, 9.17) is 5.73 Å². The van der Waals surface area contributed by atoms with Gasteiger partial charge in [-0.15, -0.1) is 0 Å². The van der Waals surface area contributed by atoms with E-state index in [1.165, 1.54) is 0 Å². The molecule has 2 aromatic rings. The standard InChI is InChI=1S/C15H10F3N3O2/c16-6-3-8-9(5-21-15(8)20-4-6)13(22)11-10(17)2-1-7(12(11)18)14(19)23/h1-4,9H,5H2,(H2,19,23)(H,20,21). The number of hydrogen-bond acceptors (Lipinski definition) is 4. The van der Waals surface area contributed by atoms with Crippen molar-refractivity contribution in [1.82, 2.24) is 4.98 Å². The predicted octanol–water partition coefficient (Wildman–Crippen LogP) is 1.99. The van der Waals surface area contributed by atoms with Crippen molar-refractivity contribution in [3.63, 3.8) is 0 Å². The van der Waals surface area contributed by atoms with Crippen molar-refractivity contribution < 1.29 is 22.8 Å². The second kappa shape index (κ2) is 5.38. The minimum atomic E-state index is -1.32. The van der Waals surface area contributed by atoms with Gasteiger partial charge in [0.2, 0.25) is 0 Å². The maximum atomic E-state index is 14.3. The number of carbonyl (C=O) groups excluding carboxylic acids is 2. The van der Waals surface area contributed by atoms with E-state index in [2.05, 4.69) is 10.3 Å². The van der Waals surface area contributed by atoms with Crippen LogP contribution in [0.5, 0.6) is 0 Å². The molecule has 1 amide bonds. The zero-order chi connectivity index (χ0) is 16.7. The maximum Gasteiger partial charge on any atom is 0.251 e. The molecule has 1 atom stereocenters. The number of carbonyl (C=O) groups is 2. The van der Waals surface area contributed by atoms with Gasteiger partial charge in [-0.3, -0.25) is 9.59 Å². The Hall–Kier alpha value is -2.90. The molecular weight excluding hydrogens is 311 g/mol. The third-order valence-electron chi connectivity index (χ3n) is 3.65. The first kappa shape index (κ1) is 15.0. The number of benzene rings is 1. The van der Waals surface area contributed by atoms with Gasteiger partial charge >= 0.3 is 0 Å². The summed E-state index contributed by atoms with van der Waals surface area (Å²) in [6, 6.07) is 2.74. The first-order valence-electron chi connectivity index (χ1n) is 6.61. The quantitative estimate of drug-likeness (QED) is 0.847. The lowest BCUT2D eigenvalue weighted by atomic mass is 9.91. The fraction of sp³-hybridized carbons (Fsp3) is 0.133. The maximum absolute atomic E-state index is 14.3. The summed E-state index contributed by atoms with van der Waals surface area (Å²) in [4.78, 5) is 27.4. The number of anilines is 1. The van der Waals surface area contributed by atoms with Gasteiger partial charge in [0.05, 0.1) is 23.2 Å². The third-order valence-corrected chi connectivity index (χ3v) is 3.65. The molecule has 1 aliphatic heterocycles. The Morgan fingerprint density at radius 3 is 2.70 bits per heavy atom. The molecule has 3 N–H and O–H groups in total. The summed E-state index contributed by atoms with van der Waals surface area (Å²) in [5, 5.41) is 2.77. The number of rotatable bonds is 3. The van der Waals surface area contributed by atoms with E-state index in [1.54, 1.807) is 0 Å². The summed E-state index contributed by atoms with van der Waals surface area (Å²) in [6.07, 6.45) is 0.966. The Kier molecular flexibility index (Phi) is 3.51. The van der Waals surface area contributed by atoms with Crippen LogP contribution in [0.3, 0.4) is 0 Å². The molecule has 0 fully saturated rings. The minimum absolute atomic E-state index is 0.0182. The molecule has 0 radical (unpaired) electrons. The van der Waals surface area contributed by atoms with Gasteiger partial charge in [0, 0.05) is 12.1 Å². The molecule has 1 aromatic carbocycles. The zero-order valence-electron chi connectivity index (χ0n) is 11.6. The van der Waals surface area contributed by atoms with Gasteiger partial charge in [-0.2, -0.15) is 0 Å². The summed E-state index contributed by atoms with van der Waals surface area (Å²) in [5.74, 6) is -5.87. The molecule has 5 nitrogen and oxygen atoms in total. The lowest BCUT2D eigenvalue weighted by Crippen LogP contribution is -2.21. The largest absolute Gasteiger partial charge is 0.369 e. The Bertz CT molecular complexity index is 839. The van der Waals surface area contributed by atoms with Crippen LogP contribution in [0.25, 0.3) is 0 Å². The molecule has 8 heteroatoms. The second-order valence-electron chi connectivity index (χ2n) is 5.04. The van der Waals surface area contributed by atoms with E-state index >= 15 is 0 Å². The summed E-state index contributed by atoms with van der Waals surface area (Å²) < 4.78 is 41.5. The number of primary amides is 1. The summed E-state index contributed by atoms with van der Waals surface area (Å²) in [5.41, 5.74) is 3.75. The average Bonchev–Trinajstić information content (AvgIpc) is 2.89. The smallest absolute Gasteiger partial charge is 0.251 e. The number of Topliss-reactive ketones (excluding diaryl/α,β-unsaturated/α-hetero) is 1. The van der Waals surface area contributed by atoms with Crippen LogP contribution in [-0.4, -0.2) is 23.2 Å². The van der Waals surface area contributed by atoms with Gasteiger partial charge in [-0.1, -0.05) is 0 Å². The lowest BCUT2D eigenvalue weighted by Gasteiger charge is -2.12. The van der Waals surface area contributed by atoms with Crippen LogP contribution in [-0.2, 0) is 0 Å². The van der Waals surface area contributed by atoms with E-state index in [-0.39, 0.29) is 17.9 Å². The van der Waals surface area contributed by atoms with Crippen molar-refractivity contribution in [2.75, 3.05) is 11.9 Å². The summed E-state index contributed by atoms with van der Waals surface area (Å²) in [6.45, 7) is 0.0182. The van der Waals surface area contributed by atoms with Crippen LogP contribution in [0.2, 0.25) is 0 Å². The molecule has 0 bridgehead atoms. The van der Waals surface area contributed by atoms with Gasteiger partial charge in [0.25, 0.3) is 5.91 Å². The number of aromatic nitrogens is 1. The molecular formula is C15H10F3N3O2. The van der Waals surface area contributed by atoms with E-state index in [0.717, 1.165) is 24.4 Å².